The average Bonchev–Trinajstić information content (AvgIpc) is 3.20. The molecule has 1 saturated heterocycles. The van der Waals surface area contributed by atoms with Crippen molar-refractivity contribution >= 4 is 17.6 Å². The number of aryl methyl sites for hydroxylation is 2. The van der Waals surface area contributed by atoms with E-state index in [2.05, 4.69) is 34.7 Å². The summed E-state index contributed by atoms with van der Waals surface area (Å²) < 4.78 is 5.64. The lowest BCUT2D eigenvalue weighted by Crippen LogP contribution is -2.36. The van der Waals surface area contributed by atoms with Crippen LogP contribution in [0.4, 0.5) is 5.69 Å². The van der Waals surface area contributed by atoms with Crippen LogP contribution in [0.3, 0.4) is 0 Å². The third kappa shape index (κ3) is 5.66. The first-order chi connectivity index (χ1) is 13.1. The Labute approximate surface area is 160 Å². The van der Waals surface area contributed by atoms with Crippen LogP contribution in [0, 0.1) is 6.92 Å². The lowest BCUT2D eigenvalue weighted by molar-refractivity contribution is 0.0975. The maximum atomic E-state index is 12.6. The summed E-state index contributed by atoms with van der Waals surface area (Å²) in [6, 6.07) is 15.7. The number of amides is 1. The van der Waals surface area contributed by atoms with E-state index in [4.69, 9.17) is 4.74 Å². The maximum absolute atomic E-state index is 12.6. The molecule has 1 aliphatic heterocycles. The van der Waals surface area contributed by atoms with Gasteiger partial charge in [-0.25, -0.2) is 4.99 Å². The molecule has 27 heavy (non-hydrogen) atoms. The Morgan fingerprint density at radius 2 is 2.04 bits per heavy atom. The Hall–Kier alpha value is -2.66. The summed E-state index contributed by atoms with van der Waals surface area (Å²) >= 11 is 0. The molecule has 0 aromatic heterocycles. The summed E-state index contributed by atoms with van der Waals surface area (Å²) in [7, 11) is 0. The zero-order valence-corrected chi connectivity index (χ0v) is 16.0. The van der Waals surface area contributed by atoms with E-state index in [0.717, 1.165) is 37.1 Å². The number of hydrogen-bond acceptors (Lipinski definition) is 3. The van der Waals surface area contributed by atoms with Gasteiger partial charge in [0, 0.05) is 17.9 Å². The van der Waals surface area contributed by atoms with Gasteiger partial charge in [-0.15, -0.1) is 0 Å². The smallest absolute Gasteiger partial charge is 0.257 e. The molecule has 0 bridgehead atoms. The fourth-order valence-corrected chi connectivity index (χ4v) is 3.02. The van der Waals surface area contributed by atoms with Crippen molar-refractivity contribution < 1.29 is 9.53 Å². The van der Waals surface area contributed by atoms with Gasteiger partial charge in [0.2, 0.25) is 5.96 Å². The minimum Gasteiger partial charge on any atom is -0.376 e. The van der Waals surface area contributed by atoms with E-state index >= 15 is 0 Å². The van der Waals surface area contributed by atoms with Gasteiger partial charge in [-0.1, -0.05) is 36.8 Å². The molecule has 1 aliphatic rings. The highest BCUT2D eigenvalue weighted by atomic mass is 16.5. The molecule has 2 N–H and O–H groups in total. The Bertz CT molecular complexity index is 793. The molecule has 1 heterocycles. The Kier molecular flexibility index (Phi) is 6.60. The Morgan fingerprint density at radius 1 is 1.22 bits per heavy atom. The predicted molar refractivity (Wildman–Crippen MR) is 109 cm³/mol. The zero-order chi connectivity index (χ0) is 19.1. The number of hydrogen-bond donors (Lipinski definition) is 2. The van der Waals surface area contributed by atoms with E-state index in [9.17, 15) is 4.79 Å². The number of guanidine groups is 1. The van der Waals surface area contributed by atoms with Crippen molar-refractivity contribution in [1.82, 2.24) is 5.32 Å². The Balaban J connectivity index is 1.73. The van der Waals surface area contributed by atoms with Crippen LogP contribution in [0.25, 0.3) is 0 Å². The number of anilines is 1. The molecular weight excluding hydrogens is 338 g/mol. The number of carbonyl (C=O) groups is 1. The lowest BCUT2D eigenvalue weighted by atomic mass is 10.1. The van der Waals surface area contributed by atoms with Crippen molar-refractivity contribution in [1.29, 1.82) is 0 Å². The van der Waals surface area contributed by atoms with Crippen LogP contribution in [0.1, 0.15) is 41.3 Å². The van der Waals surface area contributed by atoms with Crippen LogP contribution in [-0.2, 0) is 11.2 Å². The van der Waals surface area contributed by atoms with Crippen LogP contribution in [0.15, 0.2) is 53.5 Å². The molecule has 1 unspecified atom stereocenters. The number of rotatable bonds is 5. The highest BCUT2D eigenvalue weighted by Gasteiger charge is 2.16. The first kappa shape index (κ1) is 19.1. The molecule has 3 rings (SSSR count). The van der Waals surface area contributed by atoms with Crippen LogP contribution in [0.2, 0.25) is 0 Å². The predicted octanol–water partition coefficient (Wildman–Crippen LogP) is 3.93. The van der Waals surface area contributed by atoms with Crippen LogP contribution in [-0.4, -0.2) is 31.1 Å². The number of carbonyl (C=O) groups excluding carboxylic acids is 1. The quantitative estimate of drug-likeness (QED) is 0.623. The molecule has 1 amide bonds. The first-order valence-electron chi connectivity index (χ1n) is 9.54. The van der Waals surface area contributed by atoms with E-state index in [-0.39, 0.29) is 12.0 Å². The normalized spacial score (nSPS) is 17.0. The van der Waals surface area contributed by atoms with Crippen molar-refractivity contribution in [2.75, 3.05) is 18.5 Å². The average molecular weight is 365 g/mol. The van der Waals surface area contributed by atoms with Crippen LogP contribution < -0.4 is 10.6 Å². The summed E-state index contributed by atoms with van der Waals surface area (Å²) in [6.07, 6.45) is 3.19. The van der Waals surface area contributed by atoms with E-state index in [1.165, 1.54) is 5.56 Å². The maximum Gasteiger partial charge on any atom is 0.257 e. The van der Waals surface area contributed by atoms with Crippen LogP contribution >= 0.6 is 0 Å². The number of aliphatic imine (C=N–C) groups is 1. The van der Waals surface area contributed by atoms with Crippen LogP contribution in [0.5, 0.6) is 0 Å². The summed E-state index contributed by atoms with van der Waals surface area (Å²) in [6.45, 7) is 5.41. The number of nitrogens with zero attached hydrogens (tertiary/aromatic N) is 1. The number of nitrogens with one attached hydrogen (secondary N) is 2. The van der Waals surface area contributed by atoms with Gasteiger partial charge >= 0.3 is 0 Å². The molecule has 142 valence electrons. The molecule has 1 atom stereocenters. The van der Waals surface area contributed by atoms with Gasteiger partial charge in [-0.2, -0.15) is 0 Å². The van der Waals surface area contributed by atoms with Gasteiger partial charge in [0.1, 0.15) is 0 Å². The third-order valence-electron chi connectivity index (χ3n) is 4.61. The molecule has 0 aliphatic carbocycles. The van der Waals surface area contributed by atoms with Crippen molar-refractivity contribution in [3.8, 4) is 0 Å². The van der Waals surface area contributed by atoms with Gasteiger partial charge in [-0.3, -0.25) is 10.1 Å². The topological polar surface area (TPSA) is 62.7 Å². The van der Waals surface area contributed by atoms with Crippen molar-refractivity contribution in [2.24, 2.45) is 4.99 Å². The largest absolute Gasteiger partial charge is 0.376 e. The van der Waals surface area contributed by atoms with E-state index in [0.29, 0.717) is 18.1 Å². The van der Waals surface area contributed by atoms with Gasteiger partial charge in [0.25, 0.3) is 5.91 Å². The molecular formula is C22H27N3O2. The molecule has 0 radical (unpaired) electrons. The second-order valence-electron chi connectivity index (χ2n) is 6.82. The number of benzene rings is 2. The fraction of sp³-hybridized carbons (Fsp3) is 0.364. The molecule has 0 saturated carbocycles. The third-order valence-corrected chi connectivity index (χ3v) is 4.61. The minimum absolute atomic E-state index is 0.125. The van der Waals surface area contributed by atoms with Crippen molar-refractivity contribution in [2.45, 2.75) is 39.2 Å². The second-order valence-corrected chi connectivity index (χ2v) is 6.82. The van der Waals surface area contributed by atoms with Gasteiger partial charge in [0.05, 0.1) is 12.6 Å². The fourth-order valence-electron chi connectivity index (χ4n) is 3.02. The van der Waals surface area contributed by atoms with E-state index in [1.807, 2.05) is 37.3 Å². The minimum atomic E-state index is -0.178. The van der Waals surface area contributed by atoms with Gasteiger partial charge < -0.3 is 10.1 Å². The molecule has 5 nitrogen and oxygen atoms in total. The highest BCUT2D eigenvalue weighted by Crippen LogP contribution is 2.13. The summed E-state index contributed by atoms with van der Waals surface area (Å²) in [5.41, 5.74) is 3.82. The van der Waals surface area contributed by atoms with Gasteiger partial charge in [0.15, 0.2) is 0 Å². The monoisotopic (exact) mass is 365 g/mol. The standard InChI is InChI=1S/C22H27N3O2/c1-3-17-9-11-19(12-10-17)24-22(23-15-20-8-5-13-27-20)25-21(26)18-7-4-6-16(2)14-18/h4,6-7,9-12,14,20H,3,5,8,13,15H2,1-2H3,(H2,23,24,25,26). The SMILES string of the molecule is CCc1ccc(NC(=NCC2CCCO2)NC(=O)c2cccc(C)c2)cc1. The summed E-state index contributed by atoms with van der Waals surface area (Å²) in [5, 5.41) is 6.14. The van der Waals surface area contributed by atoms with E-state index in [1.54, 1.807) is 6.07 Å². The molecule has 1 fully saturated rings. The first-order valence-corrected chi connectivity index (χ1v) is 9.54. The summed E-state index contributed by atoms with van der Waals surface area (Å²) in [5.74, 6) is 0.267. The molecule has 2 aromatic rings. The van der Waals surface area contributed by atoms with Gasteiger partial charge in [-0.05, 0) is 56.0 Å². The zero-order valence-electron chi connectivity index (χ0n) is 16.0. The second kappa shape index (κ2) is 9.33. The summed E-state index contributed by atoms with van der Waals surface area (Å²) in [4.78, 5) is 17.2. The Morgan fingerprint density at radius 3 is 2.70 bits per heavy atom. The van der Waals surface area contributed by atoms with E-state index < -0.39 is 0 Å². The number of ether oxygens (including phenoxy) is 1. The molecule has 2 aromatic carbocycles. The van der Waals surface area contributed by atoms with Crippen molar-refractivity contribution in [3.63, 3.8) is 0 Å². The lowest BCUT2D eigenvalue weighted by Gasteiger charge is -2.14. The molecule has 0 spiro atoms. The highest BCUT2D eigenvalue weighted by molar-refractivity contribution is 6.10. The van der Waals surface area contributed by atoms with Crippen molar-refractivity contribution in [3.05, 3.63) is 65.2 Å². The molecule has 5 heteroatoms.